The summed E-state index contributed by atoms with van der Waals surface area (Å²) >= 11 is 7.51. The molecule has 0 aliphatic carbocycles. The predicted octanol–water partition coefficient (Wildman–Crippen LogP) is 4.62. The molecule has 2 aromatic rings. The average Bonchev–Trinajstić information content (AvgIpc) is 2.72. The number of ether oxygens (including phenoxy) is 1. The van der Waals surface area contributed by atoms with Crippen LogP contribution >= 0.6 is 22.9 Å². The zero-order valence-electron chi connectivity index (χ0n) is 11.0. The van der Waals surface area contributed by atoms with E-state index in [0.29, 0.717) is 9.90 Å². The predicted molar refractivity (Wildman–Crippen MR) is 78.0 cm³/mol. The Bertz CT molecular complexity index is 569. The summed E-state index contributed by atoms with van der Waals surface area (Å²) < 4.78 is 30.2. The lowest BCUT2D eigenvalue weighted by Crippen LogP contribution is -2.18. The molecule has 0 amide bonds. The number of alkyl halides is 2. The smallest absolute Gasteiger partial charge is 0.387 e. The molecule has 1 aromatic heterocycles. The lowest BCUT2D eigenvalue weighted by molar-refractivity contribution is -0.0506. The molecule has 0 aliphatic heterocycles. The summed E-state index contributed by atoms with van der Waals surface area (Å²) in [5, 5.41) is 3.12. The SMILES string of the molecule is CNC(c1cc(C)c(Cl)s1)c1ccccc1OC(F)F. The standard InChI is InChI=1S/C14H14ClF2NOS/c1-8-7-11(20-13(8)15)12(18-2)9-5-3-4-6-10(9)19-14(16)17/h3-7,12,14,18H,1-2H3. The molecule has 0 spiro atoms. The Balaban J connectivity index is 2.41. The summed E-state index contributed by atoms with van der Waals surface area (Å²) in [5.74, 6) is 0.170. The van der Waals surface area contributed by atoms with Crippen LogP contribution in [0.1, 0.15) is 22.0 Å². The summed E-state index contributed by atoms with van der Waals surface area (Å²) in [6, 6.07) is 8.48. The van der Waals surface area contributed by atoms with E-state index in [1.54, 1.807) is 25.2 Å². The van der Waals surface area contributed by atoms with Gasteiger partial charge in [0, 0.05) is 10.4 Å². The van der Waals surface area contributed by atoms with E-state index in [1.807, 2.05) is 13.0 Å². The number of hydrogen-bond donors (Lipinski definition) is 1. The zero-order valence-corrected chi connectivity index (χ0v) is 12.6. The van der Waals surface area contributed by atoms with Gasteiger partial charge in [0.25, 0.3) is 0 Å². The molecule has 0 saturated heterocycles. The van der Waals surface area contributed by atoms with Gasteiger partial charge in [0.2, 0.25) is 0 Å². The first-order chi connectivity index (χ1) is 9.52. The Morgan fingerprint density at radius 1 is 1.30 bits per heavy atom. The van der Waals surface area contributed by atoms with Crippen LogP contribution in [0.5, 0.6) is 5.75 Å². The fraction of sp³-hybridized carbons (Fsp3) is 0.286. The molecule has 2 nitrogen and oxygen atoms in total. The molecule has 0 saturated carbocycles. The largest absolute Gasteiger partial charge is 0.434 e. The highest BCUT2D eigenvalue weighted by Crippen LogP contribution is 2.37. The summed E-state index contributed by atoms with van der Waals surface area (Å²) in [4.78, 5) is 0.959. The van der Waals surface area contributed by atoms with Gasteiger partial charge in [-0.1, -0.05) is 29.8 Å². The molecule has 1 atom stereocenters. The topological polar surface area (TPSA) is 21.3 Å². The highest BCUT2D eigenvalue weighted by Gasteiger charge is 2.20. The van der Waals surface area contributed by atoms with E-state index >= 15 is 0 Å². The van der Waals surface area contributed by atoms with Crippen molar-refractivity contribution >= 4 is 22.9 Å². The molecule has 0 fully saturated rings. The molecule has 1 heterocycles. The third-order valence-electron chi connectivity index (χ3n) is 2.90. The molecule has 2 rings (SSSR count). The maximum Gasteiger partial charge on any atom is 0.387 e. The van der Waals surface area contributed by atoms with Crippen molar-refractivity contribution in [2.75, 3.05) is 7.05 Å². The average molecular weight is 318 g/mol. The number of aryl methyl sites for hydroxylation is 1. The quantitative estimate of drug-likeness (QED) is 0.868. The van der Waals surface area contributed by atoms with Gasteiger partial charge in [-0.15, -0.1) is 11.3 Å². The number of nitrogens with one attached hydrogen (secondary N) is 1. The third-order valence-corrected chi connectivity index (χ3v) is 4.52. The van der Waals surface area contributed by atoms with Gasteiger partial charge in [0.05, 0.1) is 10.4 Å². The number of rotatable bonds is 5. The van der Waals surface area contributed by atoms with Crippen LogP contribution in [-0.2, 0) is 0 Å². The lowest BCUT2D eigenvalue weighted by Gasteiger charge is -2.18. The van der Waals surface area contributed by atoms with Gasteiger partial charge in [-0.2, -0.15) is 8.78 Å². The van der Waals surface area contributed by atoms with Crippen LogP contribution in [0.15, 0.2) is 30.3 Å². The van der Waals surface area contributed by atoms with Gasteiger partial charge in [-0.25, -0.2) is 0 Å². The first kappa shape index (κ1) is 15.2. The van der Waals surface area contributed by atoms with Crippen molar-refractivity contribution in [1.82, 2.24) is 5.32 Å². The second kappa shape index (κ2) is 6.52. The van der Waals surface area contributed by atoms with Gasteiger partial charge in [-0.05, 0) is 31.7 Å². The lowest BCUT2D eigenvalue weighted by atomic mass is 10.0. The monoisotopic (exact) mass is 317 g/mol. The molecular weight excluding hydrogens is 304 g/mol. The molecule has 0 aliphatic rings. The Hall–Kier alpha value is -1.17. The van der Waals surface area contributed by atoms with E-state index in [-0.39, 0.29) is 11.8 Å². The number of benzene rings is 1. The van der Waals surface area contributed by atoms with Crippen molar-refractivity contribution in [1.29, 1.82) is 0 Å². The number of para-hydroxylation sites is 1. The summed E-state index contributed by atoms with van der Waals surface area (Å²) in [6.45, 7) is -0.932. The minimum atomic E-state index is -2.85. The Morgan fingerprint density at radius 3 is 2.55 bits per heavy atom. The van der Waals surface area contributed by atoms with Gasteiger partial charge < -0.3 is 10.1 Å². The van der Waals surface area contributed by atoms with Crippen LogP contribution in [0.4, 0.5) is 8.78 Å². The Labute approximate surface area is 125 Å². The second-order valence-corrected chi connectivity index (χ2v) is 5.93. The van der Waals surface area contributed by atoms with Gasteiger partial charge >= 0.3 is 6.61 Å². The minimum Gasteiger partial charge on any atom is -0.434 e. The highest BCUT2D eigenvalue weighted by atomic mass is 35.5. The molecule has 6 heteroatoms. The normalized spacial score (nSPS) is 12.7. The molecule has 1 aromatic carbocycles. The molecule has 0 bridgehead atoms. The molecule has 1 unspecified atom stereocenters. The number of thiophene rings is 1. The van der Waals surface area contributed by atoms with Crippen molar-refractivity contribution < 1.29 is 13.5 Å². The number of hydrogen-bond acceptors (Lipinski definition) is 3. The van der Waals surface area contributed by atoms with E-state index < -0.39 is 6.61 Å². The maximum absolute atomic E-state index is 12.5. The van der Waals surface area contributed by atoms with Gasteiger partial charge in [0.15, 0.2) is 0 Å². The van der Waals surface area contributed by atoms with Crippen molar-refractivity contribution in [3.05, 3.63) is 50.7 Å². The van der Waals surface area contributed by atoms with Crippen LogP contribution in [0.2, 0.25) is 4.34 Å². The van der Waals surface area contributed by atoms with E-state index in [2.05, 4.69) is 10.1 Å². The first-order valence-electron chi connectivity index (χ1n) is 5.99. The van der Waals surface area contributed by atoms with Crippen LogP contribution in [-0.4, -0.2) is 13.7 Å². The Morgan fingerprint density at radius 2 is 2.00 bits per heavy atom. The van der Waals surface area contributed by atoms with Crippen LogP contribution in [0.3, 0.4) is 0 Å². The first-order valence-corrected chi connectivity index (χ1v) is 7.19. The third kappa shape index (κ3) is 3.29. The maximum atomic E-state index is 12.5. The minimum absolute atomic E-state index is 0.170. The fourth-order valence-corrected chi connectivity index (χ4v) is 3.35. The summed E-state index contributed by atoms with van der Waals surface area (Å²) in [6.07, 6.45) is 0. The van der Waals surface area contributed by atoms with Crippen LogP contribution in [0, 0.1) is 6.92 Å². The van der Waals surface area contributed by atoms with Crippen molar-refractivity contribution in [2.24, 2.45) is 0 Å². The summed E-state index contributed by atoms with van der Waals surface area (Å²) in [5.41, 5.74) is 1.63. The zero-order chi connectivity index (χ0) is 14.7. The van der Waals surface area contributed by atoms with Crippen molar-refractivity contribution in [3.63, 3.8) is 0 Å². The van der Waals surface area contributed by atoms with E-state index in [0.717, 1.165) is 10.4 Å². The number of halogens is 3. The van der Waals surface area contributed by atoms with E-state index in [4.69, 9.17) is 11.6 Å². The molecule has 108 valence electrons. The van der Waals surface area contributed by atoms with E-state index in [9.17, 15) is 8.78 Å². The molecular formula is C14H14ClF2NOS. The molecule has 1 N–H and O–H groups in total. The summed E-state index contributed by atoms with van der Waals surface area (Å²) in [7, 11) is 1.77. The van der Waals surface area contributed by atoms with Crippen LogP contribution < -0.4 is 10.1 Å². The highest BCUT2D eigenvalue weighted by molar-refractivity contribution is 7.16. The van der Waals surface area contributed by atoms with Crippen LogP contribution in [0.25, 0.3) is 0 Å². The Kier molecular flexibility index (Phi) is 4.96. The fourth-order valence-electron chi connectivity index (χ4n) is 2.00. The van der Waals surface area contributed by atoms with Gasteiger partial charge in [-0.3, -0.25) is 0 Å². The van der Waals surface area contributed by atoms with Gasteiger partial charge in [0.1, 0.15) is 5.75 Å². The van der Waals surface area contributed by atoms with E-state index in [1.165, 1.54) is 17.4 Å². The van der Waals surface area contributed by atoms with Crippen molar-refractivity contribution in [3.8, 4) is 5.75 Å². The molecule has 20 heavy (non-hydrogen) atoms. The van der Waals surface area contributed by atoms with Crippen molar-refractivity contribution in [2.45, 2.75) is 19.6 Å². The second-order valence-electron chi connectivity index (χ2n) is 4.24. The molecule has 0 radical (unpaired) electrons.